The number of aromatic nitrogens is 1. The number of rotatable bonds is 5. The van der Waals surface area contributed by atoms with Crippen LogP contribution in [0.15, 0.2) is 29.4 Å². The molecule has 6 heteroatoms. The van der Waals surface area contributed by atoms with Gasteiger partial charge in [-0.3, -0.25) is 4.98 Å². The topological polar surface area (TPSA) is 76.3 Å². The van der Waals surface area contributed by atoms with Crippen molar-refractivity contribution in [2.24, 2.45) is 5.73 Å². The highest BCUT2D eigenvalue weighted by Crippen LogP contribution is 2.15. The van der Waals surface area contributed by atoms with Crippen LogP contribution in [-0.4, -0.2) is 37.3 Å². The van der Waals surface area contributed by atoms with Crippen LogP contribution in [0.5, 0.6) is 0 Å². The highest BCUT2D eigenvalue weighted by atomic mass is 32.2. The molecule has 1 atom stereocenters. The van der Waals surface area contributed by atoms with Crippen molar-refractivity contribution in [3.8, 4) is 0 Å². The van der Waals surface area contributed by atoms with Crippen LogP contribution in [0, 0.1) is 0 Å². The minimum atomic E-state index is -3.45. The fourth-order valence-electron chi connectivity index (χ4n) is 1.33. The molecule has 1 rings (SSSR count). The molecule has 0 radical (unpaired) electrons. The Hall–Kier alpha value is -0.980. The lowest BCUT2D eigenvalue weighted by molar-refractivity contribution is 0.374. The minimum absolute atomic E-state index is 0.116. The third-order valence-corrected chi connectivity index (χ3v) is 4.47. The zero-order chi connectivity index (χ0) is 12.2. The number of pyridine rings is 1. The summed E-state index contributed by atoms with van der Waals surface area (Å²) in [5.74, 6) is 0. The lowest BCUT2D eigenvalue weighted by Gasteiger charge is -2.23. The molecular weight excluding hydrogens is 226 g/mol. The van der Waals surface area contributed by atoms with Gasteiger partial charge in [-0.25, -0.2) is 8.42 Å². The van der Waals surface area contributed by atoms with Crippen molar-refractivity contribution < 1.29 is 8.42 Å². The first-order valence-corrected chi connectivity index (χ1v) is 6.52. The van der Waals surface area contributed by atoms with Gasteiger partial charge < -0.3 is 5.73 Å². The van der Waals surface area contributed by atoms with Crippen LogP contribution in [0.1, 0.15) is 13.3 Å². The van der Waals surface area contributed by atoms with E-state index in [0.29, 0.717) is 13.0 Å². The lowest BCUT2D eigenvalue weighted by atomic mass is 10.2. The van der Waals surface area contributed by atoms with Crippen LogP contribution < -0.4 is 5.73 Å². The van der Waals surface area contributed by atoms with E-state index in [1.165, 1.54) is 16.6 Å². The summed E-state index contributed by atoms with van der Waals surface area (Å²) in [6, 6.07) is 3.03. The summed E-state index contributed by atoms with van der Waals surface area (Å²) in [6.07, 6.45) is 3.53. The molecule has 0 spiro atoms. The van der Waals surface area contributed by atoms with E-state index >= 15 is 0 Å². The Morgan fingerprint density at radius 3 is 2.75 bits per heavy atom. The van der Waals surface area contributed by atoms with Crippen LogP contribution in [0.4, 0.5) is 0 Å². The number of nitrogens with two attached hydrogens (primary N) is 1. The Morgan fingerprint density at radius 1 is 1.56 bits per heavy atom. The SMILES string of the molecule is CC(CCN)N(C)S(=O)(=O)c1cccnc1. The molecule has 0 saturated carbocycles. The first-order valence-electron chi connectivity index (χ1n) is 5.08. The van der Waals surface area contributed by atoms with Crippen LogP contribution in [-0.2, 0) is 10.0 Å². The molecule has 0 aromatic carbocycles. The zero-order valence-electron chi connectivity index (χ0n) is 9.50. The van der Waals surface area contributed by atoms with Crippen molar-refractivity contribution >= 4 is 10.0 Å². The van der Waals surface area contributed by atoms with E-state index in [2.05, 4.69) is 4.98 Å². The molecule has 5 nitrogen and oxygen atoms in total. The van der Waals surface area contributed by atoms with Gasteiger partial charge >= 0.3 is 0 Å². The van der Waals surface area contributed by atoms with E-state index < -0.39 is 10.0 Å². The second kappa shape index (κ2) is 5.38. The fourth-order valence-corrected chi connectivity index (χ4v) is 2.68. The second-order valence-corrected chi connectivity index (χ2v) is 5.63. The molecule has 0 aliphatic rings. The third-order valence-electron chi connectivity index (χ3n) is 2.52. The molecular formula is C10H17N3O2S. The standard InChI is InChI=1S/C10H17N3O2S/c1-9(5-6-11)13(2)16(14,15)10-4-3-7-12-8-10/h3-4,7-9H,5-6,11H2,1-2H3. The van der Waals surface area contributed by atoms with Gasteiger partial charge in [0.2, 0.25) is 10.0 Å². The van der Waals surface area contributed by atoms with Gasteiger partial charge in [-0.15, -0.1) is 0 Å². The van der Waals surface area contributed by atoms with Crippen molar-refractivity contribution in [1.29, 1.82) is 0 Å². The van der Waals surface area contributed by atoms with Gasteiger partial charge in [0, 0.05) is 25.5 Å². The van der Waals surface area contributed by atoms with Gasteiger partial charge in [0.15, 0.2) is 0 Å². The fraction of sp³-hybridized carbons (Fsp3) is 0.500. The number of hydrogen-bond acceptors (Lipinski definition) is 4. The summed E-state index contributed by atoms with van der Waals surface area (Å²) < 4.78 is 25.5. The van der Waals surface area contributed by atoms with E-state index in [0.717, 1.165) is 0 Å². The number of nitrogens with zero attached hydrogens (tertiary/aromatic N) is 2. The lowest BCUT2D eigenvalue weighted by Crippen LogP contribution is -2.36. The third kappa shape index (κ3) is 2.78. The van der Waals surface area contributed by atoms with Crippen molar-refractivity contribution in [1.82, 2.24) is 9.29 Å². The van der Waals surface area contributed by atoms with E-state index in [4.69, 9.17) is 5.73 Å². The van der Waals surface area contributed by atoms with Gasteiger partial charge in [0.25, 0.3) is 0 Å². The maximum Gasteiger partial charge on any atom is 0.244 e. The quantitative estimate of drug-likeness (QED) is 0.814. The molecule has 0 amide bonds. The molecule has 1 aromatic heterocycles. The first-order chi connectivity index (χ1) is 7.50. The van der Waals surface area contributed by atoms with Gasteiger partial charge in [-0.1, -0.05) is 0 Å². The predicted molar refractivity (Wildman–Crippen MR) is 62.3 cm³/mol. The average Bonchev–Trinajstić information content (AvgIpc) is 2.29. The molecule has 0 bridgehead atoms. The number of hydrogen-bond donors (Lipinski definition) is 1. The van der Waals surface area contributed by atoms with Crippen molar-refractivity contribution in [3.05, 3.63) is 24.5 Å². The van der Waals surface area contributed by atoms with Crippen molar-refractivity contribution in [2.45, 2.75) is 24.3 Å². The summed E-state index contributed by atoms with van der Waals surface area (Å²) in [5, 5.41) is 0. The van der Waals surface area contributed by atoms with Gasteiger partial charge in [-0.2, -0.15) is 4.31 Å². The van der Waals surface area contributed by atoms with E-state index in [-0.39, 0.29) is 10.9 Å². The molecule has 0 aliphatic heterocycles. The van der Waals surface area contributed by atoms with Crippen LogP contribution in [0.3, 0.4) is 0 Å². The monoisotopic (exact) mass is 243 g/mol. The minimum Gasteiger partial charge on any atom is -0.330 e. The second-order valence-electron chi connectivity index (χ2n) is 3.64. The molecule has 1 unspecified atom stereocenters. The Kier molecular flexibility index (Phi) is 4.40. The summed E-state index contributed by atoms with van der Waals surface area (Å²) in [7, 11) is -1.89. The highest BCUT2D eigenvalue weighted by molar-refractivity contribution is 7.89. The Labute approximate surface area is 96.3 Å². The summed E-state index contributed by atoms with van der Waals surface area (Å²) in [5.41, 5.74) is 5.42. The van der Waals surface area contributed by atoms with Crippen LogP contribution in [0.2, 0.25) is 0 Å². The largest absolute Gasteiger partial charge is 0.330 e. The zero-order valence-corrected chi connectivity index (χ0v) is 10.3. The molecule has 0 fully saturated rings. The van der Waals surface area contributed by atoms with E-state index in [1.54, 1.807) is 19.3 Å². The Balaban J connectivity index is 2.95. The highest BCUT2D eigenvalue weighted by Gasteiger charge is 2.24. The molecule has 0 saturated heterocycles. The van der Waals surface area contributed by atoms with Gasteiger partial charge in [0.05, 0.1) is 0 Å². The molecule has 0 aliphatic carbocycles. The Bertz CT molecular complexity index is 419. The predicted octanol–water partition coefficient (Wildman–Crippen LogP) is 0.439. The average molecular weight is 243 g/mol. The first kappa shape index (κ1) is 13.1. The van der Waals surface area contributed by atoms with Gasteiger partial charge in [0.1, 0.15) is 4.90 Å². The normalized spacial score (nSPS) is 14.0. The van der Waals surface area contributed by atoms with E-state index in [9.17, 15) is 8.42 Å². The maximum absolute atomic E-state index is 12.1. The van der Waals surface area contributed by atoms with Crippen molar-refractivity contribution in [2.75, 3.05) is 13.6 Å². The summed E-state index contributed by atoms with van der Waals surface area (Å²) in [4.78, 5) is 4.02. The molecule has 16 heavy (non-hydrogen) atoms. The van der Waals surface area contributed by atoms with Gasteiger partial charge in [-0.05, 0) is 32.0 Å². The molecule has 90 valence electrons. The molecule has 1 heterocycles. The smallest absolute Gasteiger partial charge is 0.244 e. The Morgan fingerprint density at radius 2 is 2.25 bits per heavy atom. The van der Waals surface area contributed by atoms with Crippen LogP contribution in [0.25, 0.3) is 0 Å². The maximum atomic E-state index is 12.1. The molecule has 2 N–H and O–H groups in total. The summed E-state index contributed by atoms with van der Waals surface area (Å²) in [6.45, 7) is 2.30. The van der Waals surface area contributed by atoms with E-state index in [1.807, 2.05) is 6.92 Å². The van der Waals surface area contributed by atoms with Crippen LogP contribution >= 0.6 is 0 Å². The van der Waals surface area contributed by atoms with Crippen molar-refractivity contribution in [3.63, 3.8) is 0 Å². The summed E-state index contributed by atoms with van der Waals surface area (Å²) >= 11 is 0. The number of sulfonamides is 1. The molecule has 1 aromatic rings.